The van der Waals surface area contributed by atoms with E-state index in [1.807, 2.05) is 43.4 Å². The molecule has 0 bridgehead atoms. The quantitative estimate of drug-likeness (QED) is 0.313. The fourth-order valence-electron chi connectivity index (χ4n) is 4.35. The molecule has 1 fully saturated rings. The van der Waals surface area contributed by atoms with E-state index >= 15 is 0 Å². The summed E-state index contributed by atoms with van der Waals surface area (Å²) in [5, 5.41) is 20.4. The number of hydrogen-bond acceptors (Lipinski definition) is 9. The van der Waals surface area contributed by atoms with Gasteiger partial charge in [-0.15, -0.1) is 5.53 Å². The number of pyridine rings is 2. The van der Waals surface area contributed by atoms with Crippen LogP contribution in [0.5, 0.6) is 0 Å². The van der Waals surface area contributed by atoms with Crippen molar-refractivity contribution in [2.24, 2.45) is 5.41 Å². The summed E-state index contributed by atoms with van der Waals surface area (Å²) < 4.78 is 0. The predicted molar refractivity (Wildman–Crippen MR) is 154 cm³/mol. The van der Waals surface area contributed by atoms with E-state index in [1.54, 1.807) is 6.20 Å². The fourth-order valence-corrected chi connectivity index (χ4v) is 4.62. The van der Waals surface area contributed by atoms with E-state index in [2.05, 4.69) is 75.7 Å². The zero-order valence-corrected chi connectivity index (χ0v) is 23.2. The van der Waals surface area contributed by atoms with E-state index in [9.17, 15) is 5.26 Å². The zero-order valence-electron chi connectivity index (χ0n) is 22.4. The molecule has 3 heterocycles. The molecule has 2 aromatic heterocycles. The third kappa shape index (κ3) is 5.57. The van der Waals surface area contributed by atoms with E-state index in [1.165, 1.54) is 12.8 Å². The summed E-state index contributed by atoms with van der Waals surface area (Å²) in [5.74, 6) is 0.886. The Balaban J connectivity index is 1.55. The molecule has 5 rings (SSSR count). The van der Waals surface area contributed by atoms with Crippen LogP contribution in [0.15, 0.2) is 48.6 Å². The minimum Gasteiger partial charge on any atom is -0.383 e. The normalized spacial score (nSPS) is 16.0. The summed E-state index contributed by atoms with van der Waals surface area (Å²) in [4.78, 5) is 11.1. The molecule has 3 aromatic rings. The van der Waals surface area contributed by atoms with Gasteiger partial charge in [0.2, 0.25) is 0 Å². The van der Waals surface area contributed by atoms with Crippen LogP contribution in [-0.4, -0.2) is 41.7 Å². The van der Waals surface area contributed by atoms with Gasteiger partial charge in [-0.05, 0) is 42.0 Å². The van der Waals surface area contributed by atoms with Crippen molar-refractivity contribution in [3.63, 3.8) is 0 Å². The summed E-state index contributed by atoms with van der Waals surface area (Å²) in [6.07, 6.45) is 7.94. The van der Waals surface area contributed by atoms with E-state index in [0.717, 1.165) is 33.8 Å². The third-order valence-corrected chi connectivity index (χ3v) is 6.86. The number of halogens is 1. The second-order valence-corrected chi connectivity index (χ2v) is 11.7. The highest BCUT2D eigenvalue weighted by Crippen LogP contribution is 2.37. The maximum atomic E-state index is 9.80. The van der Waals surface area contributed by atoms with Crippen LogP contribution in [0.1, 0.15) is 50.8 Å². The largest absolute Gasteiger partial charge is 0.383 e. The number of nitrogens with zero attached hydrogens (tertiary/aromatic N) is 5. The van der Waals surface area contributed by atoms with Crippen molar-refractivity contribution in [2.75, 3.05) is 36.2 Å². The van der Waals surface area contributed by atoms with Gasteiger partial charge in [0.1, 0.15) is 11.9 Å². The molecule has 0 radical (unpaired) electrons. The number of hydrazine groups is 2. The van der Waals surface area contributed by atoms with Gasteiger partial charge in [0.15, 0.2) is 0 Å². The predicted octanol–water partition coefficient (Wildman–Crippen LogP) is 5.16. The molecule has 2 aliphatic rings. The Kier molecular flexibility index (Phi) is 6.95. The highest BCUT2D eigenvalue weighted by Gasteiger charge is 2.32. The van der Waals surface area contributed by atoms with Crippen LogP contribution in [0.2, 0.25) is 5.02 Å². The summed E-state index contributed by atoms with van der Waals surface area (Å²) in [5.41, 5.74) is 11.3. The average molecular weight is 532 g/mol. The molecule has 0 amide bonds. The minimum absolute atomic E-state index is 0.0276. The first-order valence-electron chi connectivity index (χ1n) is 12.8. The van der Waals surface area contributed by atoms with Crippen LogP contribution in [0.4, 0.5) is 17.2 Å². The summed E-state index contributed by atoms with van der Waals surface area (Å²) >= 11 is 6.76. The summed E-state index contributed by atoms with van der Waals surface area (Å²) in [7, 11) is 3.95. The lowest BCUT2D eigenvalue weighted by Crippen LogP contribution is -2.38. The number of nitriles is 1. The van der Waals surface area contributed by atoms with E-state index in [0.29, 0.717) is 28.7 Å². The van der Waals surface area contributed by atoms with Gasteiger partial charge in [0.05, 0.1) is 33.5 Å². The second-order valence-electron chi connectivity index (χ2n) is 11.3. The number of benzene rings is 1. The molecule has 1 aliphatic heterocycles. The molecule has 10 heteroatoms. The lowest BCUT2D eigenvalue weighted by Gasteiger charge is -2.23. The molecule has 1 saturated carbocycles. The molecular weight excluding hydrogens is 498 g/mol. The van der Waals surface area contributed by atoms with Crippen LogP contribution in [0.3, 0.4) is 0 Å². The van der Waals surface area contributed by atoms with Gasteiger partial charge in [-0.3, -0.25) is 9.99 Å². The number of hydrogen-bond donors (Lipinski definition) is 4. The maximum absolute atomic E-state index is 9.80. The maximum Gasteiger partial charge on any atom is 0.127 e. The summed E-state index contributed by atoms with van der Waals surface area (Å²) in [6, 6.07) is 10.5. The molecule has 0 spiro atoms. The molecule has 0 saturated heterocycles. The first-order valence-corrected chi connectivity index (χ1v) is 13.2. The number of nitrogens with one attached hydrogen (secondary N) is 4. The highest BCUT2D eigenvalue weighted by atomic mass is 35.5. The van der Waals surface area contributed by atoms with E-state index in [4.69, 9.17) is 11.6 Å². The van der Waals surface area contributed by atoms with Gasteiger partial charge in [0, 0.05) is 56.3 Å². The van der Waals surface area contributed by atoms with Crippen LogP contribution in [-0.2, 0) is 0 Å². The van der Waals surface area contributed by atoms with Gasteiger partial charge < -0.3 is 21.0 Å². The van der Waals surface area contributed by atoms with Gasteiger partial charge in [0.25, 0.3) is 0 Å². The van der Waals surface area contributed by atoms with Crippen LogP contribution < -0.4 is 26.5 Å². The van der Waals surface area contributed by atoms with Gasteiger partial charge >= 0.3 is 0 Å². The lowest BCUT2D eigenvalue weighted by atomic mass is 9.96. The smallest absolute Gasteiger partial charge is 0.127 e. The van der Waals surface area contributed by atoms with Crippen molar-refractivity contribution in [1.29, 1.82) is 5.26 Å². The third-order valence-electron chi connectivity index (χ3n) is 6.57. The van der Waals surface area contributed by atoms with Gasteiger partial charge in [-0.25, -0.2) is 4.98 Å². The first kappa shape index (κ1) is 25.9. The molecule has 4 N–H and O–H groups in total. The van der Waals surface area contributed by atoms with E-state index in [-0.39, 0.29) is 11.5 Å². The Bertz CT molecular complexity index is 1400. The molecule has 38 heavy (non-hydrogen) atoms. The topological polar surface area (TPSA) is 104 Å². The molecular formula is C28H34ClN9. The van der Waals surface area contributed by atoms with E-state index < -0.39 is 0 Å². The Labute approximate surface area is 228 Å². The van der Waals surface area contributed by atoms with Crippen LogP contribution in [0.25, 0.3) is 10.9 Å². The summed E-state index contributed by atoms with van der Waals surface area (Å²) in [6.45, 7) is 7.15. The number of rotatable bonds is 8. The molecule has 198 valence electrons. The Morgan fingerprint density at radius 2 is 2.00 bits per heavy atom. The van der Waals surface area contributed by atoms with Crippen LogP contribution in [0, 0.1) is 16.7 Å². The van der Waals surface area contributed by atoms with Crippen molar-refractivity contribution in [3.05, 3.63) is 64.7 Å². The van der Waals surface area contributed by atoms with Crippen molar-refractivity contribution in [1.82, 2.24) is 25.9 Å². The Morgan fingerprint density at radius 1 is 1.21 bits per heavy atom. The fraction of sp³-hybridized carbons (Fsp3) is 0.393. The molecule has 1 aliphatic carbocycles. The van der Waals surface area contributed by atoms with Crippen LogP contribution >= 0.6 is 11.6 Å². The first-order chi connectivity index (χ1) is 18.1. The Hall–Kier alpha value is -3.74. The molecule has 0 unspecified atom stereocenters. The monoisotopic (exact) mass is 531 g/mol. The Morgan fingerprint density at radius 3 is 2.63 bits per heavy atom. The SMILES string of the molecule is CN(C)c1ccc([C@@H](Nc2cc(Cl)c3ncc(C#N)c(NCC(C)(C)C)c3c2)C2=CN(C3CC3)NN2)cn1. The minimum atomic E-state index is -0.221. The number of aromatic nitrogens is 2. The molecule has 1 aromatic carbocycles. The van der Waals surface area contributed by atoms with Crippen molar-refractivity contribution in [3.8, 4) is 6.07 Å². The standard InChI is InChI=1S/C28H34ClN9/c1-28(2,3)16-33-25-18(12-30)14-32-27-21(25)10-19(11-22(27)29)34-26(17-6-9-24(31-13-17)37(4)5)23-15-38(36-35-23)20-7-8-20/h6,9-11,13-15,20,26,34-36H,7-8,16H2,1-5H3,(H,32,33)/t26-/m1/s1. The van der Waals surface area contributed by atoms with Crippen molar-refractivity contribution in [2.45, 2.75) is 45.7 Å². The molecule has 9 nitrogen and oxygen atoms in total. The zero-order chi connectivity index (χ0) is 27.0. The lowest BCUT2D eigenvalue weighted by molar-refractivity contribution is 0.260. The van der Waals surface area contributed by atoms with Gasteiger partial charge in [-0.2, -0.15) is 5.26 Å². The van der Waals surface area contributed by atoms with Crippen molar-refractivity contribution >= 4 is 39.7 Å². The van der Waals surface area contributed by atoms with Gasteiger partial charge in [-0.1, -0.05) is 38.4 Å². The number of fused-ring (bicyclic) bond motifs is 1. The second kappa shape index (κ2) is 10.2. The average Bonchev–Trinajstić information content (AvgIpc) is 3.62. The number of anilines is 3. The van der Waals surface area contributed by atoms with Crippen molar-refractivity contribution < 1.29 is 0 Å². The molecule has 1 atom stereocenters. The highest BCUT2D eigenvalue weighted by molar-refractivity contribution is 6.35.